The first-order valence-electron chi connectivity index (χ1n) is 7.24. The van der Waals surface area contributed by atoms with Gasteiger partial charge in [-0.05, 0) is 27.0 Å². The van der Waals surface area contributed by atoms with Gasteiger partial charge in [-0.15, -0.1) is 0 Å². The van der Waals surface area contributed by atoms with Crippen LogP contribution >= 0.6 is 0 Å². The molecule has 21 heavy (non-hydrogen) atoms. The second kappa shape index (κ2) is 6.41. The molecule has 1 aliphatic rings. The number of aromatic hydroxyl groups is 1. The van der Waals surface area contributed by atoms with E-state index in [1.54, 1.807) is 0 Å². The zero-order valence-electron chi connectivity index (χ0n) is 13.0. The van der Waals surface area contributed by atoms with E-state index in [9.17, 15) is 9.90 Å². The van der Waals surface area contributed by atoms with Crippen LogP contribution in [0.1, 0.15) is 24.2 Å². The number of carbonyl (C=O) groups excluding carboxylic acids is 1. The van der Waals surface area contributed by atoms with E-state index in [4.69, 9.17) is 0 Å². The highest BCUT2D eigenvalue weighted by molar-refractivity contribution is 5.94. The molecule has 0 aliphatic carbocycles. The lowest BCUT2D eigenvalue weighted by Crippen LogP contribution is -2.57. The first kappa shape index (κ1) is 15.7. The Morgan fingerprint density at radius 2 is 2.00 bits per heavy atom. The van der Waals surface area contributed by atoms with Gasteiger partial charge in [0.05, 0.1) is 11.8 Å². The quantitative estimate of drug-likeness (QED) is 0.848. The first-order chi connectivity index (χ1) is 9.88. The molecule has 1 fully saturated rings. The van der Waals surface area contributed by atoms with Crippen LogP contribution in [-0.4, -0.2) is 71.1 Å². The average molecular weight is 292 g/mol. The van der Waals surface area contributed by atoms with Crippen molar-refractivity contribution in [3.8, 4) is 5.75 Å². The Kier molecular flexibility index (Phi) is 4.80. The van der Waals surface area contributed by atoms with Crippen LogP contribution in [0.5, 0.6) is 5.75 Å². The summed E-state index contributed by atoms with van der Waals surface area (Å²) in [6, 6.07) is 1.42. The van der Waals surface area contributed by atoms with Crippen molar-refractivity contribution in [2.75, 3.05) is 39.8 Å². The predicted molar refractivity (Wildman–Crippen MR) is 81.4 cm³/mol. The standard InChI is InChI=1S/C15H24N4O2/c1-15(2,19-6-4-18(3)5-7-19)11-17-14(21)12-8-13(20)10-16-9-12/h8-10,20H,4-7,11H2,1-3H3,(H,17,21). The number of piperazine rings is 1. The van der Waals surface area contributed by atoms with Crippen LogP contribution in [0.25, 0.3) is 0 Å². The minimum atomic E-state index is -0.208. The maximum Gasteiger partial charge on any atom is 0.253 e. The zero-order chi connectivity index (χ0) is 15.5. The largest absolute Gasteiger partial charge is 0.506 e. The number of amides is 1. The number of likely N-dealkylation sites (N-methyl/N-ethyl adjacent to an activating group) is 1. The molecule has 1 aromatic heterocycles. The first-order valence-corrected chi connectivity index (χ1v) is 7.24. The van der Waals surface area contributed by atoms with Crippen LogP contribution < -0.4 is 5.32 Å². The highest BCUT2D eigenvalue weighted by Gasteiger charge is 2.29. The number of rotatable bonds is 4. The third kappa shape index (κ3) is 4.15. The van der Waals surface area contributed by atoms with Gasteiger partial charge < -0.3 is 15.3 Å². The summed E-state index contributed by atoms with van der Waals surface area (Å²) < 4.78 is 0. The lowest BCUT2D eigenvalue weighted by Gasteiger charge is -2.43. The van der Waals surface area contributed by atoms with Crippen molar-refractivity contribution in [2.24, 2.45) is 0 Å². The molecule has 0 radical (unpaired) electrons. The molecule has 0 atom stereocenters. The average Bonchev–Trinajstić information content (AvgIpc) is 2.45. The number of aromatic nitrogens is 1. The molecule has 1 aliphatic heterocycles. The van der Waals surface area contributed by atoms with E-state index in [1.807, 2.05) is 0 Å². The normalized spacial score (nSPS) is 17.7. The maximum atomic E-state index is 12.1. The van der Waals surface area contributed by atoms with Crippen LogP contribution in [0.2, 0.25) is 0 Å². The van der Waals surface area contributed by atoms with Gasteiger partial charge in [0.1, 0.15) is 5.75 Å². The van der Waals surface area contributed by atoms with E-state index in [0.29, 0.717) is 12.1 Å². The molecule has 0 aromatic carbocycles. The molecule has 1 aromatic rings. The fourth-order valence-corrected chi connectivity index (χ4v) is 2.47. The van der Waals surface area contributed by atoms with Gasteiger partial charge in [0.2, 0.25) is 0 Å². The van der Waals surface area contributed by atoms with Crippen molar-refractivity contribution >= 4 is 5.91 Å². The molecule has 6 heteroatoms. The predicted octanol–water partition coefficient (Wildman–Crippen LogP) is 0.543. The number of pyridine rings is 1. The van der Waals surface area contributed by atoms with Gasteiger partial charge in [0, 0.05) is 44.5 Å². The molecule has 0 saturated carbocycles. The highest BCUT2D eigenvalue weighted by Crippen LogP contribution is 2.16. The summed E-state index contributed by atoms with van der Waals surface area (Å²) in [5.41, 5.74) is 0.283. The summed E-state index contributed by atoms with van der Waals surface area (Å²) in [5.74, 6) is -0.207. The molecule has 1 amide bonds. The summed E-state index contributed by atoms with van der Waals surface area (Å²) in [7, 11) is 2.13. The second-order valence-corrected chi connectivity index (χ2v) is 6.22. The second-order valence-electron chi connectivity index (χ2n) is 6.22. The topological polar surface area (TPSA) is 68.7 Å². The molecule has 2 rings (SSSR count). The minimum Gasteiger partial charge on any atom is -0.506 e. The van der Waals surface area contributed by atoms with Crippen molar-refractivity contribution in [3.63, 3.8) is 0 Å². The summed E-state index contributed by atoms with van der Waals surface area (Å²) in [4.78, 5) is 20.6. The smallest absolute Gasteiger partial charge is 0.253 e. The Labute approximate surface area is 125 Å². The van der Waals surface area contributed by atoms with Gasteiger partial charge in [0.15, 0.2) is 0 Å². The van der Waals surface area contributed by atoms with Crippen LogP contribution in [0.15, 0.2) is 18.5 Å². The molecule has 116 valence electrons. The van der Waals surface area contributed by atoms with Crippen LogP contribution in [-0.2, 0) is 0 Å². The number of hydrogen-bond acceptors (Lipinski definition) is 5. The fraction of sp³-hybridized carbons (Fsp3) is 0.600. The Morgan fingerprint density at radius 3 is 2.62 bits per heavy atom. The summed E-state index contributed by atoms with van der Waals surface area (Å²) in [5, 5.41) is 12.3. The van der Waals surface area contributed by atoms with Crippen molar-refractivity contribution in [2.45, 2.75) is 19.4 Å². The number of carbonyl (C=O) groups is 1. The van der Waals surface area contributed by atoms with Gasteiger partial charge in [-0.1, -0.05) is 0 Å². The fourth-order valence-electron chi connectivity index (χ4n) is 2.47. The van der Waals surface area contributed by atoms with Gasteiger partial charge in [-0.3, -0.25) is 14.7 Å². The Bertz CT molecular complexity index is 496. The SMILES string of the molecule is CN1CCN(C(C)(C)CNC(=O)c2cncc(O)c2)CC1. The molecule has 2 heterocycles. The molecule has 0 unspecified atom stereocenters. The van der Waals surface area contributed by atoms with E-state index in [2.05, 4.69) is 41.0 Å². The Hall–Kier alpha value is -1.66. The molecular formula is C15H24N4O2. The molecule has 6 nitrogen and oxygen atoms in total. The number of nitrogens with one attached hydrogen (secondary N) is 1. The Morgan fingerprint density at radius 1 is 1.33 bits per heavy atom. The molecule has 1 saturated heterocycles. The monoisotopic (exact) mass is 292 g/mol. The van der Waals surface area contributed by atoms with Gasteiger partial charge >= 0.3 is 0 Å². The van der Waals surface area contributed by atoms with E-state index in [0.717, 1.165) is 26.2 Å². The molecule has 0 spiro atoms. The van der Waals surface area contributed by atoms with Gasteiger partial charge in [0.25, 0.3) is 5.91 Å². The van der Waals surface area contributed by atoms with Crippen LogP contribution in [0.3, 0.4) is 0 Å². The third-order valence-corrected chi connectivity index (χ3v) is 4.03. The zero-order valence-corrected chi connectivity index (χ0v) is 13.0. The summed E-state index contributed by atoms with van der Waals surface area (Å²) in [6.07, 6.45) is 2.77. The van der Waals surface area contributed by atoms with Crippen molar-refractivity contribution < 1.29 is 9.90 Å². The Balaban J connectivity index is 1.90. The lowest BCUT2D eigenvalue weighted by atomic mass is 10.0. The van der Waals surface area contributed by atoms with Crippen LogP contribution in [0.4, 0.5) is 0 Å². The summed E-state index contributed by atoms with van der Waals surface area (Å²) >= 11 is 0. The van der Waals surface area contributed by atoms with E-state index in [1.165, 1.54) is 18.5 Å². The summed E-state index contributed by atoms with van der Waals surface area (Å²) in [6.45, 7) is 8.95. The lowest BCUT2D eigenvalue weighted by molar-refractivity contribution is 0.0588. The van der Waals surface area contributed by atoms with E-state index in [-0.39, 0.29) is 17.2 Å². The number of hydrogen-bond donors (Lipinski definition) is 2. The van der Waals surface area contributed by atoms with E-state index >= 15 is 0 Å². The van der Waals surface area contributed by atoms with Crippen molar-refractivity contribution in [1.82, 2.24) is 20.1 Å². The number of nitrogens with zero attached hydrogens (tertiary/aromatic N) is 3. The van der Waals surface area contributed by atoms with E-state index < -0.39 is 0 Å². The van der Waals surface area contributed by atoms with Gasteiger partial charge in [-0.25, -0.2) is 0 Å². The van der Waals surface area contributed by atoms with Crippen molar-refractivity contribution in [3.05, 3.63) is 24.0 Å². The molecular weight excluding hydrogens is 268 g/mol. The van der Waals surface area contributed by atoms with Gasteiger partial charge in [-0.2, -0.15) is 0 Å². The minimum absolute atomic E-state index is 0.000905. The van der Waals surface area contributed by atoms with Crippen molar-refractivity contribution in [1.29, 1.82) is 0 Å². The molecule has 2 N–H and O–H groups in total. The highest BCUT2D eigenvalue weighted by atomic mass is 16.3. The van der Waals surface area contributed by atoms with Crippen LogP contribution in [0, 0.1) is 0 Å². The maximum absolute atomic E-state index is 12.1. The third-order valence-electron chi connectivity index (χ3n) is 4.03. The molecule has 0 bridgehead atoms.